The Morgan fingerprint density at radius 2 is 1.81 bits per heavy atom. The molecule has 2 bridgehead atoms. The van der Waals surface area contributed by atoms with Crippen LogP contribution in [0.3, 0.4) is 0 Å². The van der Waals surface area contributed by atoms with E-state index < -0.39 is 39.2 Å². The molecule has 144 valence electrons. The number of fused-ring (bicyclic) bond motifs is 2. The quantitative estimate of drug-likeness (QED) is 0.813. The number of aromatic nitrogens is 1. The minimum Gasteiger partial charge on any atom is -0.384 e. The van der Waals surface area contributed by atoms with Crippen molar-refractivity contribution in [3.8, 4) is 0 Å². The molecule has 1 aromatic carbocycles. The van der Waals surface area contributed by atoms with Crippen LogP contribution in [0.5, 0.6) is 0 Å². The molecule has 2 aliphatic rings. The first-order valence-corrected chi connectivity index (χ1v) is 10.4. The van der Waals surface area contributed by atoms with Gasteiger partial charge in [0.2, 0.25) is 16.0 Å². The Hall–Kier alpha value is -1.90. The van der Waals surface area contributed by atoms with Crippen LogP contribution in [0.4, 0.5) is 8.78 Å². The lowest BCUT2D eigenvalue weighted by Crippen LogP contribution is -2.59. The van der Waals surface area contributed by atoms with E-state index in [0.29, 0.717) is 12.8 Å². The summed E-state index contributed by atoms with van der Waals surface area (Å²) in [4.78, 5) is 3.54. The van der Waals surface area contributed by atoms with Gasteiger partial charge >= 0.3 is 0 Å². The Labute approximate surface area is 156 Å². The zero-order valence-corrected chi connectivity index (χ0v) is 15.4. The van der Waals surface area contributed by atoms with Gasteiger partial charge in [-0.1, -0.05) is 18.6 Å². The molecule has 27 heavy (non-hydrogen) atoms. The molecule has 5 nitrogen and oxygen atoms in total. The highest BCUT2D eigenvalue weighted by Crippen LogP contribution is 2.50. The molecule has 2 fully saturated rings. The third kappa shape index (κ3) is 2.96. The summed E-state index contributed by atoms with van der Waals surface area (Å²) in [6, 6.07) is 7.98. The lowest BCUT2D eigenvalue weighted by atomic mass is 9.63. The summed E-state index contributed by atoms with van der Waals surface area (Å²) in [6.07, 6.45) is 3.32. The number of nitrogens with zero attached hydrogens (tertiary/aromatic N) is 2. The fraction of sp³-hybridized carbons (Fsp3) is 0.421. The smallest absolute Gasteiger partial charge is 0.243 e. The van der Waals surface area contributed by atoms with Crippen molar-refractivity contribution in [2.45, 2.75) is 29.8 Å². The third-order valence-electron chi connectivity index (χ3n) is 5.82. The van der Waals surface area contributed by atoms with Crippen molar-refractivity contribution in [1.82, 2.24) is 9.29 Å². The molecule has 2 aromatic rings. The molecule has 0 radical (unpaired) electrons. The fourth-order valence-corrected chi connectivity index (χ4v) is 6.07. The van der Waals surface area contributed by atoms with Crippen LogP contribution in [0.1, 0.15) is 24.8 Å². The van der Waals surface area contributed by atoms with Crippen LogP contribution < -0.4 is 0 Å². The largest absolute Gasteiger partial charge is 0.384 e. The van der Waals surface area contributed by atoms with E-state index in [1.54, 1.807) is 6.07 Å². The van der Waals surface area contributed by atoms with Gasteiger partial charge in [0.1, 0.15) is 11.4 Å². The van der Waals surface area contributed by atoms with Gasteiger partial charge in [0.05, 0.1) is 4.90 Å². The number of pyridine rings is 1. The minimum atomic E-state index is -3.90. The molecule has 2 heterocycles. The fourth-order valence-electron chi connectivity index (χ4n) is 4.51. The van der Waals surface area contributed by atoms with E-state index in [2.05, 4.69) is 4.98 Å². The van der Waals surface area contributed by atoms with Gasteiger partial charge in [0.25, 0.3) is 0 Å². The van der Waals surface area contributed by atoms with Gasteiger partial charge in [-0.25, -0.2) is 17.8 Å². The van der Waals surface area contributed by atoms with Crippen LogP contribution in [-0.4, -0.2) is 35.9 Å². The van der Waals surface area contributed by atoms with Gasteiger partial charge < -0.3 is 5.11 Å². The maximum atomic E-state index is 14.3. The maximum absolute atomic E-state index is 14.3. The number of hydrogen-bond donors (Lipinski definition) is 1. The number of halogens is 2. The summed E-state index contributed by atoms with van der Waals surface area (Å²) in [7, 11) is -3.90. The molecule has 1 aliphatic heterocycles. The first-order valence-electron chi connectivity index (χ1n) is 8.92. The number of hydrogen-bond acceptors (Lipinski definition) is 4. The number of benzene rings is 1. The predicted octanol–water partition coefficient (Wildman–Crippen LogP) is 2.67. The van der Waals surface area contributed by atoms with Crippen molar-refractivity contribution in [1.29, 1.82) is 0 Å². The van der Waals surface area contributed by atoms with Crippen LogP contribution in [-0.2, 0) is 15.6 Å². The Kier molecular flexibility index (Phi) is 4.52. The lowest BCUT2D eigenvalue weighted by molar-refractivity contribution is -0.135. The van der Waals surface area contributed by atoms with Crippen molar-refractivity contribution >= 4 is 10.0 Å². The second-order valence-corrected chi connectivity index (χ2v) is 9.21. The number of piperidine rings is 1. The Balaban J connectivity index is 1.71. The second kappa shape index (κ2) is 6.61. The highest BCUT2D eigenvalue weighted by atomic mass is 32.2. The van der Waals surface area contributed by atoms with E-state index in [1.165, 1.54) is 34.8 Å². The van der Waals surface area contributed by atoms with E-state index in [-0.39, 0.29) is 23.5 Å². The van der Waals surface area contributed by atoms with E-state index in [4.69, 9.17) is 0 Å². The summed E-state index contributed by atoms with van der Waals surface area (Å²) >= 11 is 0. The lowest BCUT2D eigenvalue weighted by Gasteiger charge is -2.52. The van der Waals surface area contributed by atoms with E-state index in [1.807, 2.05) is 0 Å². The molecule has 1 aliphatic carbocycles. The van der Waals surface area contributed by atoms with Gasteiger partial charge in [-0.3, -0.25) is 0 Å². The van der Waals surface area contributed by atoms with E-state index in [0.717, 1.165) is 12.5 Å². The molecular formula is C19H20F2N2O3S. The van der Waals surface area contributed by atoms with E-state index in [9.17, 15) is 22.3 Å². The summed E-state index contributed by atoms with van der Waals surface area (Å²) in [5.74, 6) is -2.25. The summed E-state index contributed by atoms with van der Waals surface area (Å²) in [5, 5.41) is 11.4. The Morgan fingerprint density at radius 3 is 2.44 bits per heavy atom. The van der Waals surface area contributed by atoms with Crippen LogP contribution in [0, 0.1) is 23.6 Å². The van der Waals surface area contributed by atoms with Crippen molar-refractivity contribution in [2.24, 2.45) is 11.8 Å². The zero-order valence-electron chi connectivity index (χ0n) is 14.6. The average Bonchev–Trinajstić information content (AvgIpc) is 2.61. The number of rotatable bonds is 3. The van der Waals surface area contributed by atoms with E-state index >= 15 is 0 Å². The molecule has 8 heteroatoms. The maximum Gasteiger partial charge on any atom is 0.243 e. The summed E-state index contributed by atoms with van der Waals surface area (Å²) in [5.41, 5.74) is -1.33. The van der Waals surface area contributed by atoms with Gasteiger partial charge in [-0.05, 0) is 37.1 Å². The number of sulfonamides is 1. The molecule has 0 unspecified atom stereocenters. The van der Waals surface area contributed by atoms with Crippen molar-refractivity contribution in [2.75, 3.05) is 13.1 Å². The molecule has 2 atom stereocenters. The average molecular weight is 394 g/mol. The van der Waals surface area contributed by atoms with Crippen LogP contribution in [0.25, 0.3) is 0 Å². The Bertz CT molecular complexity index is 953. The number of aliphatic hydroxyl groups is 1. The van der Waals surface area contributed by atoms with Crippen molar-refractivity contribution < 1.29 is 22.3 Å². The topological polar surface area (TPSA) is 70.5 Å². The molecule has 0 spiro atoms. The first kappa shape index (κ1) is 18.5. The highest BCUT2D eigenvalue weighted by Gasteiger charge is 2.54. The Morgan fingerprint density at radius 1 is 1.11 bits per heavy atom. The van der Waals surface area contributed by atoms with Gasteiger partial charge in [-0.15, -0.1) is 0 Å². The van der Waals surface area contributed by atoms with Crippen LogP contribution in [0.2, 0.25) is 0 Å². The van der Waals surface area contributed by atoms with Crippen molar-refractivity contribution in [3.05, 3.63) is 59.9 Å². The summed E-state index contributed by atoms with van der Waals surface area (Å²) < 4.78 is 55.1. The monoisotopic (exact) mass is 394 g/mol. The van der Waals surface area contributed by atoms with Gasteiger partial charge in [0, 0.05) is 36.7 Å². The molecule has 1 N–H and O–H groups in total. The van der Waals surface area contributed by atoms with Crippen molar-refractivity contribution in [3.63, 3.8) is 0 Å². The normalized spacial score (nSPS) is 28.9. The molecule has 1 saturated carbocycles. The third-order valence-corrected chi connectivity index (χ3v) is 7.65. The summed E-state index contributed by atoms with van der Waals surface area (Å²) in [6.45, 7) is 0.111. The second-order valence-electron chi connectivity index (χ2n) is 7.27. The minimum absolute atomic E-state index is 0.0557. The molecule has 1 aromatic heterocycles. The highest BCUT2D eigenvalue weighted by molar-refractivity contribution is 7.89. The first-order chi connectivity index (χ1) is 12.8. The SMILES string of the molecule is O=S(=O)(c1cccc(F)c1)N1C[C@H]2CCC[C@H](C1)C2(O)c1cccnc1F. The zero-order chi connectivity index (χ0) is 19.2. The van der Waals surface area contributed by atoms with Gasteiger partial charge in [-0.2, -0.15) is 8.70 Å². The molecular weight excluding hydrogens is 374 g/mol. The van der Waals surface area contributed by atoms with Crippen LogP contribution in [0.15, 0.2) is 47.5 Å². The van der Waals surface area contributed by atoms with Gasteiger partial charge in [0.15, 0.2) is 0 Å². The molecule has 0 amide bonds. The predicted molar refractivity (Wildman–Crippen MR) is 94.1 cm³/mol. The van der Waals surface area contributed by atoms with Crippen LogP contribution >= 0.6 is 0 Å². The molecule has 1 saturated heterocycles. The standard InChI is InChI=1S/C19H20F2N2O3S/c20-15-6-2-7-16(10-15)27(25,26)23-11-13-4-1-5-14(12-23)19(13,24)17-8-3-9-22-18(17)21/h2-3,6-10,13-14,24H,1,4-5,11-12H2/t13-,14-/m1/s1. The molecule has 4 rings (SSSR count).